The Balaban J connectivity index is 6.43. The number of phosphoric acid groups is 1. The van der Waals surface area contributed by atoms with Gasteiger partial charge in [-0.2, -0.15) is 0 Å². The van der Waals surface area contributed by atoms with Gasteiger partial charge in [-0.05, 0) is 25.6 Å². The quantitative estimate of drug-likeness (QED) is 0.0197. The molecule has 0 aliphatic heterocycles. The van der Waals surface area contributed by atoms with Crippen LogP contribution in [-0.4, -0.2) is 64.4 Å². The highest BCUT2D eigenvalue weighted by molar-refractivity contribution is 7.46. The maximum atomic E-state index is 12.1. The molecule has 0 heterocycles. The van der Waals surface area contributed by atoms with Crippen molar-refractivity contribution < 1.29 is 50.7 Å². The van der Waals surface area contributed by atoms with Crippen molar-refractivity contribution in [1.82, 2.24) is 0 Å². The highest BCUT2D eigenvalue weighted by Crippen LogP contribution is 2.39. The Morgan fingerprint density at radius 3 is 1.85 bits per heavy atom. The maximum Gasteiger partial charge on any atom is 0.470 e. The van der Waals surface area contributed by atoms with Crippen LogP contribution in [0.3, 0.4) is 0 Å². The Morgan fingerprint density at radius 1 is 0.848 bits per heavy atom. The van der Waals surface area contributed by atoms with Crippen molar-refractivity contribution in [2.75, 3.05) is 0 Å². The number of phosphoric ester groups is 1. The molecule has 0 saturated carbocycles. The summed E-state index contributed by atoms with van der Waals surface area (Å²) in [5, 5.41) is 19.7. The van der Waals surface area contributed by atoms with E-state index in [1.54, 1.807) is 0 Å². The third-order valence-electron chi connectivity index (χ3n) is 7.69. The minimum Gasteiger partial charge on any atom is -0.389 e. The molecule has 0 aromatic carbocycles. The van der Waals surface area contributed by atoms with Gasteiger partial charge in [-0.3, -0.25) is 4.52 Å². The van der Waals surface area contributed by atoms with Gasteiger partial charge in [0.1, 0.15) is 15.0 Å². The molecule has 0 spiro atoms. The number of nitrogens with two attached hydrogens (primary N) is 2. The van der Waals surface area contributed by atoms with E-state index in [9.17, 15) is 19.5 Å². The molecule has 46 heavy (non-hydrogen) atoms. The summed E-state index contributed by atoms with van der Waals surface area (Å²) in [5.41, 5.74) is 5.32. The topological polar surface area (TPSA) is 179 Å². The smallest absolute Gasteiger partial charge is 0.389 e. The van der Waals surface area contributed by atoms with Crippen LogP contribution in [-0.2, 0) is 9.09 Å². The minimum absolute atomic E-state index is 0.145. The van der Waals surface area contributed by atoms with Crippen LogP contribution in [0.2, 0.25) is 2.82 Å². The molecule has 0 aromatic rings. The summed E-state index contributed by atoms with van der Waals surface area (Å²) in [5.74, 6) is 0. The summed E-state index contributed by atoms with van der Waals surface area (Å²) in [6.07, 6.45) is -0.693. The third kappa shape index (κ3) is 26.4. The van der Waals surface area contributed by atoms with Crippen molar-refractivity contribution in [3.05, 3.63) is 24.3 Å². The molecule has 9 nitrogen and oxygen atoms in total. The van der Waals surface area contributed by atoms with Crippen LogP contribution in [0.25, 0.3) is 0 Å². The van der Waals surface area contributed by atoms with Crippen molar-refractivity contribution in [2.24, 2.45) is 11.5 Å². The van der Waals surface area contributed by atoms with Crippen LogP contribution >= 0.6 is 7.82 Å². The van der Waals surface area contributed by atoms with Crippen LogP contribution in [0.1, 0.15) is 182 Å². The molecule has 0 saturated heterocycles. The lowest BCUT2D eigenvalue weighted by Crippen LogP contribution is -2.58. The first-order valence-electron chi connectivity index (χ1n) is 24.1. The highest BCUT2D eigenvalue weighted by Gasteiger charge is 2.40. The zero-order valence-electron chi connectivity index (χ0n) is 42.3. The fourth-order valence-corrected chi connectivity index (χ4v) is 5.46. The summed E-state index contributed by atoms with van der Waals surface area (Å²) in [7, 11) is -5.73. The van der Waals surface area contributed by atoms with Crippen LogP contribution < -0.4 is 11.5 Å². The number of aliphatic hydroxyl groups excluding tert-OH is 2. The Kier molecular flexibility index (Phi) is 17.4. The van der Waals surface area contributed by atoms with Crippen molar-refractivity contribution >= 4 is 7.82 Å². The number of unbranched alkanes of at least 4 members (excludes halogenated alkanes) is 18. The molecule has 10 heteroatoms. The van der Waals surface area contributed by atoms with E-state index in [1.807, 2.05) is 0 Å². The lowest BCUT2D eigenvalue weighted by atomic mass is 9.93. The van der Waals surface area contributed by atoms with E-state index in [0.29, 0.717) is 12.8 Å². The average molecular weight is 691 g/mol. The molecular weight excluding hydrogens is 603 g/mol. The van der Waals surface area contributed by atoms with Gasteiger partial charge in [-0.25, -0.2) is 4.57 Å². The summed E-state index contributed by atoms with van der Waals surface area (Å²) in [6, 6.07) is -9.76. The summed E-state index contributed by atoms with van der Waals surface area (Å²) >= 11 is 0. The van der Waals surface area contributed by atoms with Crippen LogP contribution in [0.5, 0.6) is 0 Å². The first-order valence-corrected chi connectivity index (χ1v) is 18.9. The molecule has 6 atom stereocenters. The van der Waals surface area contributed by atoms with E-state index in [-0.39, 0.29) is 6.42 Å². The fourth-order valence-electron chi connectivity index (χ4n) is 4.89. The monoisotopic (exact) mass is 691 g/mol. The van der Waals surface area contributed by atoms with Crippen molar-refractivity contribution in [2.45, 2.75) is 204 Å². The Bertz CT molecular complexity index is 1300. The molecule has 0 radical (unpaired) electrons. The van der Waals surface area contributed by atoms with Crippen molar-refractivity contribution in [3.63, 3.8) is 0 Å². The molecular formula is C36H73N2O7P. The zero-order chi connectivity index (χ0) is 46.4. The number of aliphatic hydroxyl groups is 3. The van der Waals surface area contributed by atoms with E-state index >= 15 is 0 Å². The number of rotatable bonds is 36. The van der Waals surface area contributed by atoms with Gasteiger partial charge in [-0.15, -0.1) is 0 Å². The lowest BCUT2D eigenvalue weighted by molar-refractivity contribution is -0.0432. The van der Waals surface area contributed by atoms with Crippen LogP contribution in [0, 0.1) is 0 Å². The van der Waals surface area contributed by atoms with E-state index in [1.165, 1.54) is 44.6 Å². The zero-order valence-corrected chi connectivity index (χ0v) is 29.2. The van der Waals surface area contributed by atoms with Gasteiger partial charge in [-0.1, -0.05) is 166 Å². The SMILES string of the molecule is [2H]OC(C(OP(=O)(O)O)C(N)C(O)C=CCCCCCCCCCCCCC)C([2H])(N([2H])[2H])C([2H])(O[2H])C([2H])=C([2H])C([2H])([2H])C([2H])([2H])C([2H])([2H])CCCCCCCCCC. The van der Waals surface area contributed by atoms with Gasteiger partial charge in [0.15, 0.2) is 0 Å². The summed E-state index contributed by atoms with van der Waals surface area (Å²) in [4.78, 5) is 19.5. The Labute approximate surface area is 301 Å². The highest BCUT2D eigenvalue weighted by atomic mass is 31.2. The Morgan fingerprint density at radius 2 is 1.37 bits per heavy atom. The standard InChI is InChI=1S/C36H73N2O7P/c1-3-5-7-9-11-13-15-17-19-21-23-25-27-29-31(39)33(37)35(41)36(45-46(42,43)44)34(38)32(40)30-28-26-24-22-20-18-16-14-12-10-8-6-4-2/h27-36,39-41H,3-26,37-38H2,1-2H3,(H2,42,43,44)/i21D2,23D2,25D2,27D,29D,31D,33D,39D,41D/hD2. The van der Waals surface area contributed by atoms with Gasteiger partial charge in [0.05, 0.1) is 29.7 Å². The molecule has 9 N–H and O–H groups in total. The molecule has 0 rings (SSSR count). The molecule has 0 aliphatic rings. The molecule has 0 bridgehead atoms. The molecule has 274 valence electrons. The van der Waals surface area contributed by atoms with Gasteiger partial charge in [0.2, 0.25) is 2.86 Å². The molecule has 0 aliphatic carbocycles. The number of allylic oxidation sites excluding steroid dienone is 2. The molecule has 0 aromatic heterocycles. The number of hydrogen-bond donors (Lipinski definition) is 7. The van der Waals surface area contributed by atoms with Crippen LogP contribution in [0.15, 0.2) is 24.3 Å². The van der Waals surface area contributed by atoms with Crippen LogP contribution in [0.4, 0.5) is 0 Å². The average Bonchev–Trinajstić information content (AvgIpc) is 3.18. The van der Waals surface area contributed by atoms with E-state index in [0.717, 1.165) is 76.7 Å². The second-order valence-corrected chi connectivity index (χ2v) is 13.1. The van der Waals surface area contributed by atoms with E-state index < -0.39 is 87.6 Å². The maximum absolute atomic E-state index is 12.1. The fraction of sp³-hybridized carbons (Fsp3) is 0.889. The normalized spacial score (nSPS) is 23.8. The predicted molar refractivity (Wildman–Crippen MR) is 191 cm³/mol. The first kappa shape index (κ1) is 26.2. The molecule has 0 amide bonds. The van der Waals surface area contributed by atoms with Gasteiger partial charge in [0, 0.05) is 8.22 Å². The van der Waals surface area contributed by atoms with Gasteiger partial charge >= 0.3 is 7.82 Å². The minimum atomic E-state index is -5.73. The molecule has 0 fully saturated rings. The lowest BCUT2D eigenvalue weighted by Gasteiger charge is -2.34. The summed E-state index contributed by atoms with van der Waals surface area (Å²) in [6.45, 7) is 4.25. The first-order chi connectivity index (χ1) is 27.8. The second kappa shape index (κ2) is 30.4. The van der Waals surface area contributed by atoms with Gasteiger partial charge < -0.3 is 36.6 Å². The molecule has 6 unspecified atom stereocenters. The number of hydrogen-bond acceptors (Lipinski definition) is 7. The third-order valence-corrected chi connectivity index (χ3v) is 8.20. The Hall–Kier alpha value is -0.610. The van der Waals surface area contributed by atoms with Gasteiger partial charge in [0.25, 0.3) is 0 Å². The van der Waals surface area contributed by atoms with Crippen molar-refractivity contribution in [1.29, 1.82) is 2.86 Å². The second-order valence-electron chi connectivity index (χ2n) is 11.9. The van der Waals surface area contributed by atoms with E-state index in [2.05, 4.69) is 24.1 Å². The summed E-state index contributed by atoms with van der Waals surface area (Å²) < 4.78 is 134. The van der Waals surface area contributed by atoms with Crippen molar-refractivity contribution in [3.8, 4) is 0 Å². The van der Waals surface area contributed by atoms with E-state index in [4.69, 9.17) is 29.7 Å². The largest absolute Gasteiger partial charge is 0.470 e. The predicted octanol–water partition coefficient (Wildman–Crippen LogP) is 7.72.